The summed E-state index contributed by atoms with van der Waals surface area (Å²) in [6.45, 7) is 4.43. The molecule has 0 fully saturated rings. The van der Waals surface area contributed by atoms with Crippen LogP contribution in [0.5, 0.6) is 0 Å². The van der Waals surface area contributed by atoms with E-state index in [4.69, 9.17) is 5.73 Å². The standard InChI is InChI=1S/C25H26N4O/c1-16-10-18(13-26)8-9-22(16)25(30)28-17(2)24-12-20(21-14-27-29(3)15-21)11-19-6-4-5-7-23(19)24/h4-12,14-15,17H,13,26H2,1-3H3,(H,28,30). The number of nitrogens with one attached hydrogen (secondary N) is 1. The molecule has 1 heterocycles. The van der Waals surface area contributed by atoms with Crippen molar-refractivity contribution < 1.29 is 4.79 Å². The van der Waals surface area contributed by atoms with Crippen LogP contribution in [0.15, 0.2) is 67.0 Å². The van der Waals surface area contributed by atoms with E-state index in [1.54, 1.807) is 4.68 Å². The molecule has 4 aromatic rings. The number of carbonyl (C=O) groups is 1. The predicted octanol–water partition coefficient (Wildman–Crippen LogP) is 4.50. The second kappa shape index (κ2) is 8.13. The molecular weight excluding hydrogens is 372 g/mol. The molecule has 0 radical (unpaired) electrons. The van der Waals surface area contributed by atoms with Gasteiger partial charge in [-0.1, -0.05) is 36.4 Å². The Kier molecular flexibility index (Phi) is 5.38. The summed E-state index contributed by atoms with van der Waals surface area (Å²) in [5, 5.41) is 9.74. The predicted molar refractivity (Wildman–Crippen MR) is 121 cm³/mol. The summed E-state index contributed by atoms with van der Waals surface area (Å²) in [6.07, 6.45) is 3.86. The number of carbonyl (C=O) groups excluding carboxylic acids is 1. The first-order valence-corrected chi connectivity index (χ1v) is 10.1. The molecule has 1 amide bonds. The van der Waals surface area contributed by atoms with E-state index in [9.17, 15) is 4.79 Å². The number of nitrogens with two attached hydrogens (primary N) is 1. The van der Waals surface area contributed by atoms with Gasteiger partial charge in [-0.05, 0) is 65.1 Å². The topological polar surface area (TPSA) is 72.9 Å². The van der Waals surface area contributed by atoms with Crippen LogP contribution in [0.25, 0.3) is 21.9 Å². The molecule has 1 aromatic heterocycles. The van der Waals surface area contributed by atoms with Gasteiger partial charge in [0.1, 0.15) is 0 Å². The lowest BCUT2D eigenvalue weighted by Crippen LogP contribution is -2.27. The van der Waals surface area contributed by atoms with Crippen LogP contribution in [0.2, 0.25) is 0 Å². The normalized spacial score (nSPS) is 12.1. The molecule has 1 atom stereocenters. The van der Waals surface area contributed by atoms with Gasteiger partial charge in [0.05, 0.1) is 12.2 Å². The molecule has 0 aliphatic carbocycles. The second-order valence-corrected chi connectivity index (χ2v) is 7.74. The summed E-state index contributed by atoms with van der Waals surface area (Å²) in [5.41, 5.74) is 11.5. The third-order valence-electron chi connectivity index (χ3n) is 5.52. The number of hydrogen-bond acceptors (Lipinski definition) is 3. The summed E-state index contributed by atoms with van der Waals surface area (Å²) in [5.74, 6) is -0.0839. The number of aryl methyl sites for hydroxylation is 2. The Hall–Kier alpha value is -3.44. The van der Waals surface area contributed by atoms with Crippen molar-refractivity contribution in [3.63, 3.8) is 0 Å². The molecule has 0 saturated heterocycles. The van der Waals surface area contributed by atoms with Crippen molar-refractivity contribution in [1.82, 2.24) is 15.1 Å². The maximum atomic E-state index is 13.0. The zero-order valence-corrected chi connectivity index (χ0v) is 17.5. The number of aromatic nitrogens is 2. The minimum absolute atomic E-state index is 0.0839. The molecule has 30 heavy (non-hydrogen) atoms. The van der Waals surface area contributed by atoms with Gasteiger partial charge < -0.3 is 11.1 Å². The van der Waals surface area contributed by atoms with Gasteiger partial charge >= 0.3 is 0 Å². The molecule has 152 valence electrons. The molecule has 5 nitrogen and oxygen atoms in total. The highest BCUT2D eigenvalue weighted by molar-refractivity contribution is 5.97. The second-order valence-electron chi connectivity index (χ2n) is 7.74. The molecule has 0 bridgehead atoms. The van der Waals surface area contributed by atoms with E-state index in [0.29, 0.717) is 12.1 Å². The van der Waals surface area contributed by atoms with Crippen LogP contribution in [0.4, 0.5) is 0 Å². The molecule has 0 aliphatic heterocycles. The average Bonchev–Trinajstić information content (AvgIpc) is 3.18. The SMILES string of the molecule is Cc1cc(CN)ccc1C(=O)NC(C)c1cc(-c2cnn(C)c2)cc2ccccc12. The van der Waals surface area contributed by atoms with Crippen molar-refractivity contribution in [1.29, 1.82) is 0 Å². The summed E-state index contributed by atoms with van der Waals surface area (Å²) in [7, 11) is 1.91. The maximum Gasteiger partial charge on any atom is 0.252 e. The third-order valence-corrected chi connectivity index (χ3v) is 5.52. The molecule has 3 N–H and O–H groups in total. The third kappa shape index (κ3) is 3.84. The zero-order chi connectivity index (χ0) is 21.3. The van der Waals surface area contributed by atoms with Crippen LogP contribution < -0.4 is 11.1 Å². The Morgan fingerprint density at radius 2 is 1.93 bits per heavy atom. The van der Waals surface area contributed by atoms with Crippen molar-refractivity contribution >= 4 is 16.7 Å². The van der Waals surface area contributed by atoms with Crippen LogP contribution in [-0.2, 0) is 13.6 Å². The number of rotatable bonds is 5. The van der Waals surface area contributed by atoms with Crippen molar-refractivity contribution in [2.24, 2.45) is 12.8 Å². The van der Waals surface area contributed by atoms with E-state index in [1.165, 1.54) is 0 Å². The fourth-order valence-corrected chi connectivity index (χ4v) is 3.90. The number of benzene rings is 3. The first kappa shape index (κ1) is 19.9. The van der Waals surface area contributed by atoms with Crippen molar-refractivity contribution in [3.8, 4) is 11.1 Å². The van der Waals surface area contributed by atoms with Crippen molar-refractivity contribution in [3.05, 3.63) is 89.2 Å². The quantitative estimate of drug-likeness (QED) is 0.520. The molecule has 0 saturated carbocycles. The van der Waals surface area contributed by atoms with Crippen molar-refractivity contribution in [2.75, 3.05) is 0 Å². The van der Waals surface area contributed by atoms with Gasteiger partial charge in [-0.25, -0.2) is 0 Å². The first-order valence-electron chi connectivity index (χ1n) is 10.1. The lowest BCUT2D eigenvalue weighted by molar-refractivity contribution is 0.0939. The Morgan fingerprint density at radius 3 is 2.63 bits per heavy atom. The lowest BCUT2D eigenvalue weighted by atomic mass is 9.94. The Labute approximate surface area is 176 Å². The zero-order valence-electron chi connectivity index (χ0n) is 17.5. The minimum Gasteiger partial charge on any atom is -0.345 e. The van der Waals surface area contributed by atoms with Crippen LogP contribution in [0.1, 0.15) is 40.0 Å². The Bertz CT molecular complexity index is 1230. The summed E-state index contributed by atoms with van der Waals surface area (Å²) < 4.78 is 1.79. The lowest BCUT2D eigenvalue weighted by Gasteiger charge is -2.19. The van der Waals surface area contributed by atoms with E-state index >= 15 is 0 Å². The summed E-state index contributed by atoms with van der Waals surface area (Å²) in [6, 6.07) is 18.1. The largest absolute Gasteiger partial charge is 0.345 e. The number of hydrogen-bond donors (Lipinski definition) is 2. The van der Waals surface area contributed by atoms with Gasteiger partial charge in [-0.3, -0.25) is 9.48 Å². The number of amides is 1. The molecule has 3 aromatic carbocycles. The minimum atomic E-state index is -0.160. The van der Waals surface area contributed by atoms with Gasteiger partial charge in [0.25, 0.3) is 5.91 Å². The first-order chi connectivity index (χ1) is 14.5. The maximum absolute atomic E-state index is 13.0. The summed E-state index contributed by atoms with van der Waals surface area (Å²) >= 11 is 0. The van der Waals surface area contributed by atoms with E-state index < -0.39 is 0 Å². The Balaban J connectivity index is 1.70. The van der Waals surface area contributed by atoms with E-state index in [-0.39, 0.29) is 11.9 Å². The number of fused-ring (bicyclic) bond motifs is 1. The number of nitrogens with zero attached hydrogens (tertiary/aromatic N) is 2. The monoisotopic (exact) mass is 398 g/mol. The van der Waals surface area contributed by atoms with Gasteiger partial charge in [0, 0.05) is 30.9 Å². The fraction of sp³-hybridized carbons (Fsp3) is 0.200. The highest BCUT2D eigenvalue weighted by Crippen LogP contribution is 2.31. The van der Waals surface area contributed by atoms with Gasteiger partial charge in [-0.15, -0.1) is 0 Å². The van der Waals surface area contributed by atoms with Crippen LogP contribution in [0.3, 0.4) is 0 Å². The van der Waals surface area contributed by atoms with Gasteiger partial charge in [-0.2, -0.15) is 5.10 Å². The van der Waals surface area contributed by atoms with Gasteiger partial charge in [0.2, 0.25) is 0 Å². The van der Waals surface area contributed by atoms with Crippen LogP contribution >= 0.6 is 0 Å². The van der Waals surface area contributed by atoms with E-state index in [2.05, 4.69) is 34.7 Å². The average molecular weight is 399 g/mol. The highest BCUT2D eigenvalue weighted by Gasteiger charge is 2.17. The smallest absolute Gasteiger partial charge is 0.252 e. The Morgan fingerprint density at radius 1 is 1.13 bits per heavy atom. The molecule has 5 heteroatoms. The molecule has 1 unspecified atom stereocenters. The molecule has 0 aliphatic rings. The fourth-order valence-electron chi connectivity index (χ4n) is 3.90. The van der Waals surface area contributed by atoms with E-state index in [0.717, 1.165) is 38.6 Å². The van der Waals surface area contributed by atoms with Crippen LogP contribution in [0, 0.1) is 6.92 Å². The molecule has 0 spiro atoms. The molecular formula is C25H26N4O. The molecule has 4 rings (SSSR count). The van der Waals surface area contributed by atoms with Crippen molar-refractivity contribution in [2.45, 2.75) is 26.4 Å². The highest BCUT2D eigenvalue weighted by atomic mass is 16.1. The van der Waals surface area contributed by atoms with E-state index in [1.807, 2.05) is 63.6 Å². The van der Waals surface area contributed by atoms with Crippen LogP contribution in [-0.4, -0.2) is 15.7 Å². The van der Waals surface area contributed by atoms with Gasteiger partial charge in [0.15, 0.2) is 0 Å². The summed E-state index contributed by atoms with van der Waals surface area (Å²) in [4.78, 5) is 13.0.